The third kappa shape index (κ3) is 6.35. The molecule has 1 aliphatic rings. The van der Waals surface area contributed by atoms with Gasteiger partial charge in [0.15, 0.2) is 5.13 Å². The molecule has 4 rings (SSSR count). The third-order valence-electron chi connectivity index (χ3n) is 5.25. The molecule has 2 aromatic heterocycles. The second kappa shape index (κ2) is 11.4. The molecule has 0 bridgehead atoms. The first-order valence-corrected chi connectivity index (χ1v) is 12.6. The highest BCUT2D eigenvalue weighted by molar-refractivity contribution is 7.99. The number of aryl methyl sites for hydroxylation is 1. The molecule has 0 saturated carbocycles. The summed E-state index contributed by atoms with van der Waals surface area (Å²) in [5.74, 6) is 0. The molecule has 4 N–H and O–H groups in total. The SMILES string of the molecule is Clc1ccc2[nH]cc(CCCNSc3cnc(NCCCN4CCNCC4)s3)c2c1. The number of hydrogen-bond donors (Lipinski definition) is 4. The topological polar surface area (TPSA) is 68.0 Å². The number of piperazine rings is 1. The minimum atomic E-state index is 0.787. The predicted octanol–water partition coefficient (Wildman–Crippen LogP) is 4.21. The maximum Gasteiger partial charge on any atom is 0.183 e. The average Bonchev–Trinajstić information content (AvgIpc) is 3.38. The van der Waals surface area contributed by atoms with Crippen molar-refractivity contribution in [3.05, 3.63) is 41.2 Å². The van der Waals surface area contributed by atoms with Crippen LogP contribution in [0.5, 0.6) is 0 Å². The molecule has 0 amide bonds. The summed E-state index contributed by atoms with van der Waals surface area (Å²) < 4.78 is 4.65. The van der Waals surface area contributed by atoms with Crippen LogP contribution in [-0.2, 0) is 6.42 Å². The van der Waals surface area contributed by atoms with Gasteiger partial charge in [0.05, 0.1) is 10.4 Å². The molecule has 0 aliphatic carbocycles. The smallest absolute Gasteiger partial charge is 0.183 e. The Labute approximate surface area is 191 Å². The number of fused-ring (bicyclic) bond motifs is 1. The Morgan fingerprint density at radius 2 is 2.10 bits per heavy atom. The molecular formula is C21H29ClN6S2. The van der Waals surface area contributed by atoms with Crippen LogP contribution < -0.4 is 15.4 Å². The number of H-pyrrole nitrogens is 1. The number of aromatic nitrogens is 2. The van der Waals surface area contributed by atoms with Crippen molar-refractivity contribution in [1.29, 1.82) is 0 Å². The van der Waals surface area contributed by atoms with Crippen LogP contribution in [0.1, 0.15) is 18.4 Å². The summed E-state index contributed by atoms with van der Waals surface area (Å²) in [6.45, 7) is 7.64. The van der Waals surface area contributed by atoms with Gasteiger partial charge >= 0.3 is 0 Å². The Hall–Kier alpha value is -1.29. The largest absolute Gasteiger partial charge is 0.361 e. The van der Waals surface area contributed by atoms with Gasteiger partial charge in [-0.05, 0) is 61.5 Å². The average molecular weight is 465 g/mol. The minimum absolute atomic E-state index is 0.787. The Morgan fingerprint density at radius 1 is 1.20 bits per heavy atom. The van der Waals surface area contributed by atoms with E-state index >= 15 is 0 Å². The Balaban J connectivity index is 1.10. The van der Waals surface area contributed by atoms with E-state index in [9.17, 15) is 0 Å². The highest BCUT2D eigenvalue weighted by atomic mass is 35.5. The van der Waals surface area contributed by atoms with Gasteiger partial charge in [0.2, 0.25) is 0 Å². The fourth-order valence-electron chi connectivity index (χ4n) is 3.65. The van der Waals surface area contributed by atoms with Crippen molar-refractivity contribution in [2.75, 3.05) is 51.1 Å². The van der Waals surface area contributed by atoms with Crippen LogP contribution in [0.2, 0.25) is 5.02 Å². The van der Waals surface area contributed by atoms with Crippen LogP contribution in [0, 0.1) is 0 Å². The molecular weight excluding hydrogens is 436 g/mol. The second-order valence-corrected chi connectivity index (χ2v) is 10.1. The lowest BCUT2D eigenvalue weighted by Gasteiger charge is -2.26. The van der Waals surface area contributed by atoms with Crippen molar-refractivity contribution in [3.63, 3.8) is 0 Å². The summed E-state index contributed by atoms with van der Waals surface area (Å²) in [5, 5.41) is 9.87. The molecule has 0 atom stereocenters. The molecule has 1 aliphatic heterocycles. The van der Waals surface area contributed by atoms with E-state index in [-0.39, 0.29) is 0 Å². The van der Waals surface area contributed by atoms with Gasteiger partial charge in [-0.2, -0.15) is 0 Å². The maximum absolute atomic E-state index is 6.13. The van der Waals surface area contributed by atoms with E-state index in [0.717, 1.165) is 80.7 Å². The molecule has 0 radical (unpaired) electrons. The van der Waals surface area contributed by atoms with Gasteiger partial charge < -0.3 is 20.5 Å². The van der Waals surface area contributed by atoms with Crippen LogP contribution in [0.25, 0.3) is 10.9 Å². The number of nitrogens with zero attached hydrogens (tertiary/aromatic N) is 2. The summed E-state index contributed by atoms with van der Waals surface area (Å²) >= 11 is 9.51. The predicted molar refractivity (Wildman–Crippen MR) is 130 cm³/mol. The summed E-state index contributed by atoms with van der Waals surface area (Å²) in [4.78, 5) is 10.3. The van der Waals surface area contributed by atoms with E-state index in [1.807, 2.05) is 24.4 Å². The number of halogens is 1. The number of thiazole rings is 1. The first-order valence-electron chi connectivity index (χ1n) is 10.6. The number of nitrogens with one attached hydrogen (secondary N) is 4. The standard InChI is InChI=1S/C21H29ClN6S2/c22-17-4-5-19-18(13-17)16(14-25-19)3-1-7-27-30-20-15-26-21(29-20)24-6-2-10-28-11-8-23-9-12-28/h4-5,13-15,23,25,27H,1-3,6-12H2,(H,24,26). The Bertz CT molecular complexity index is 921. The van der Waals surface area contributed by atoms with Crippen molar-refractivity contribution < 1.29 is 0 Å². The van der Waals surface area contributed by atoms with E-state index in [1.54, 1.807) is 23.3 Å². The first kappa shape index (κ1) is 21.9. The lowest BCUT2D eigenvalue weighted by Crippen LogP contribution is -2.44. The van der Waals surface area contributed by atoms with Crippen molar-refractivity contribution in [3.8, 4) is 0 Å². The molecule has 1 fully saturated rings. The third-order valence-corrected chi connectivity index (χ3v) is 7.39. The molecule has 30 heavy (non-hydrogen) atoms. The number of aromatic amines is 1. The van der Waals surface area contributed by atoms with Crippen LogP contribution in [0.15, 0.2) is 34.8 Å². The van der Waals surface area contributed by atoms with Crippen LogP contribution >= 0.6 is 34.9 Å². The first-order chi connectivity index (χ1) is 14.8. The molecule has 0 spiro atoms. The van der Waals surface area contributed by atoms with Gasteiger partial charge in [0.25, 0.3) is 0 Å². The molecule has 3 aromatic rings. The van der Waals surface area contributed by atoms with Gasteiger partial charge in [0, 0.05) is 61.4 Å². The molecule has 1 saturated heterocycles. The van der Waals surface area contributed by atoms with Crippen molar-refractivity contribution in [2.24, 2.45) is 0 Å². The highest BCUT2D eigenvalue weighted by Crippen LogP contribution is 2.26. The van der Waals surface area contributed by atoms with E-state index in [4.69, 9.17) is 11.6 Å². The van der Waals surface area contributed by atoms with Crippen LogP contribution in [-0.4, -0.2) is 60.7 Å². The summed E-state index contributed by atoms with van der Waals surface area (Å²) in [5.41, 5.74) is 2.47. The normalized spacial score (nSPS) is 15.1. The van der Waals surface area contributed by atoms with Gasteiger partial charge in [-0.3, -0.25) is 4.72 Å². The number of anilines is 1. The van der Waals surface area contributed by atoms with Gasteiger partial charge in [-0.25, -0.2) is 4.98 Å². The number of rotatable bonds is 11. The fourth-order valence-corrected chi connectivity index (χ4v) is 5.47. The minimum Gasteiger partial charge on any atom is -0.361 e. The molecule has 0 unspecified atom stereocenters. The van der Waals surface area contributed by atoms with Gasteiger partial charge in [-0.15, -0.1) is 0 Å². The highest BCUT2D eigenvalue weighted by Gasteiger charge is 2.09. The van der Waals surface area contributed by atoms with E-state index in [0.29, 0.717) is 0 Å². The van der Waals surface area contributed by atoms with Crippen LogP contribution in [0.3, 0.4) is 0 Å². The Morgan fingerprint density at radius 3 is 3.00 bits per heavy atom. The van der Waals surface area contributed by atoms with Gasteiger partial charge in [0.1, 0.15) is 0 Å². The molecule has 1 aromatic carbocycles. The molecule has 9 heteroatoms. The number of hydrogen-bond acceptors (Lipinski definition) is 7. The van der Waals surface area contributed by atoms with Crippen molar-refractivity contribution in [1.82, 2.24) is 24.9 Å². The fraction of sp³-hybridized carbons (Fsp3) is 0.476. The lowest BCUT2D eigenvalue weighted by molar-refractivity contribution is 0.240. The zero-order valence-corrected chi connectivity index (χ0v) is 19.4. The lowest BCUT2D eigenvalue weighted by atomic mass is 10.1. The summed E-state index contributed by atoms with van der Waals surface area (Å²) in [7, 11) is 0. The van der Waals surface area contributed by atoms with E-state index < -0.39 is 0 Å². The molecule has 6 nitrogen and oxygen atoms in total. The molecule has 162 valence electrons. The summed E-state index contributed by atoms with van der Waals surface area (Å²) in [6, 6.07) is 6.00. The zero-order chi connectivity index (χ0) is 20.6. The van der Waals surface area contributed by atoms with E-state index in [1.165, 1.54) is 15.2 Å². The summed E-state index contributed by atoms with van der Waals surface area (Å²) in [6.07, 6.45) is 7.29. The van der Waals surface area contributed by atoms with E-state index in [2.05, 4.69) is 36.4 Å². The quantitative estimate of drug-likeness (QED) is 0.252. The van der Waals surface area contributed by atoms with Gasteiger partial charge in [-0.1, -0.05) is 22.9 Å². The number of benzene rings is 1. The maximum atomic E-state index is 6.13. The zero-order valence-electron chi connectivity index (χ0n) is 17.0. The monoisotopic (exact) mass is 464 g/mol. The molecule has 3 heterocycles. The van der Waals surface area contributed by atoms with Crippen molar-refractivity contribution >= 4 is 50.9 Å². The Kier molecular flexibility index (Phi) is 8.30. The van der Waals surface area contributed by atoms with Crippen molar-refractivity contribution in [2.45, 2.75) is 23.5 Å². The second-order valence-electron chi connectivity index (χ2n) is 7.46. The van der Waals surface area contributed by atoms with Crippen LogP contribution in [0.4, 0.5) is 5.13 Å².